The van der Waals surface area contributed by atoms with Crippen molar-refractivity contribution in [3.63, 3.8) is 0 Å². The highest BCUT2D eigenvalue weighted by molar-refractivity contribution is 5.89. The van der Waals surface area contributed by atoms with Gasteiger partial charge in [0.1, 0.15) is 5.82 Å². The fourth-order valence-corrected chi connectivity index (χ4v) is 2.00. The lowest BCUT2D eigenvalue weighted by molar-refractivity contribution is -0.140. The molecule has 110 valence electrons. The van der Waals surface area contributed by atoms with E-state index in [9.17, 15) is 22.4 Å². The lowest BCUT2D eigenvalue weighted by atomic mass is 9.97. The maximum absolute atomic E-state index is 13.5. The minimum absolute atomic E-state index is 0.176. The van der Waals surface area contributed by atoms with Gasteiger partial charge in [-0.25, -0.2) is 9.18 Å². The van der Waals surface area contributed by atoms with Gasteiger partial charge in [-0.2, -0.15) is 13.2 Å². The average molecular weight is 299 g/mol. The van der Waals surface area contributed by atoms with Crippen LogP contribution in [-0.4, -0.2) is 16.1 Å². The Hall–Kier alpha value is -2.44. The average Bonchev–Trinajstić information content (AvgIpc) is 2.36. The van der Waals surface area contributed by atoms with E-state index >= 15 is 0 Å². The smallest absolute Gasteiger partial charge is 0.433 e. The van der Waals surface area contributed by atoms with E-state index in [1.807, 2.05) is 0 Å². The predicted octanol–water partition coefficient (Wildman–Crippen LogP) is 3.91. The summed E-state index contributed by atoms with van der Waals surface area (Å²) in [5.41, 5.74) is -1.89. The number of carboxylic acid groups (broad SMARTS) is 1. The maximum Gasteiger partial charge on any atom is 0.433 e. The number of carboxylic acids is 1. The molecule has 0 aliphatic carbocycles. The number of alkyl halides is 3. The summed E-state index contributed by atoms with van der Waals surface area (Å²) in [6.45, 7) is 1.41. The van der Waals surface area contributed by atoms with Crippen LogP contribution >= 0.6 is 0 Å². The van der Waals surface area contributed by atoms with Crippen molar-refractivity contribution >= 4 is 5.97 Å². The normalized spacial score (nSPS) is 11.5. The van der Waals surface area contributed by atoms with E-state index in [0.29, 0.717) is 0 Å². The van der Waals surface area contributed by atoms with Gasteiger partial charge in [-0.3, -0.25) is 4.98 Å². The van der Waals surface area contributed by atoms with Gasteiger partial charge in [0.05, 0.1) is 5.56 Å². The van der Waals surface area contributed by atoms with E-state index in [1.165, 1.54) is 13.0 Å². The second-order valence-corrected chi connectivity index (χ2v) is 4.38. The van der Waals surface area contributed by atoms with Gasteiger partial charge >= 0.3 is 12.1 Å². The van der Waals surface area contributed by atoms with Crippen molar-refractivity contribution in [3.8, 4) is 11.1 Å². The molecule has 1 aromatic carbocycles. The summed E-state index contributed by atoms with van der Waals surface area (Å²) in [4.78, 5) is 14.2. The van der Waals surface area contributed by atoms with Crippen LogP contribution < -0.4 is 0 Å². The fourth-order valence-electron chi connectivity index (χ4n) is 2.00. The third-order valence-corrected chi connectivity index (χ3v) is 2.86. The molecule has 0 fully saturated rings. The summed E-state index contributed by atoms with van der Waals surface area (Å²) in [6, 6.07) is 3.93. The summed E-state index contributed by atoms with van der Waals surface area (Å²) in [7, 11) is 0. The summed E-state index contributed by atoms with van der Waals surface area (Å²) < 4.78 is 52.5. The summed E-state index contributed by atoms with van der Waals surface area (Å²) in [5, 5.41) is 8.87. The monoisotopic (exact) mass is 299 g/mol. The largest absolute Gasteiger partial charge is 0.478 e. The van der Waals surface area contributed by atoms with Gasteiger partial charge in [0.2, 0.25) is 0 Å². The van der Waals surface area contributed by atoms with Gasteiger partial charge < -0.3 is 5.11 Å². The van der Waals surface area contributed by atoms with Crippen molar-refractivity contribution in [1.82, 2.24) is 4.98 Å². The van der Waals surface area contributed by atoms with Gasteiger partial charge in [0.25, 0.3) is 0 Å². The van der Waals surface area contributed by atoms with Crippen LogP contribution in [0.3, 0.4) is 0 Å². The number of aromatic carboxylic acids is 1. The lowest BCUT2D eigenvalue weighted by Crippen LogP contribution is -2.11. The van der Waals surface area contributed by atoms with Gasteiger partial charge in [0, 0.05) is 11.8 Å². The zero-order chi connectivity index (χ0) is 15.8. The molecule has 0 aliphatic rings. The molecule has 7 heteroatoms. The Bertz CT molecular complexity index is 711. The zero-order valence-corrected chi connectivity index (χ0v) is 10.7. The third-order valence-electron chi connectivity index (χ3n) is 2.86. The number of rotatable bonds is 2. The van der Waals surface area contributed by atoms with Crippen molar-refractivity contribution < 1.29 is 27.5 Å². The third kappa shape index (κ3) is 3.01. The molecule has 3 nitrogen and oxygen atoms in total. The van der Waals surface area contributed by atoms with Gasteiger partial charge in [-0.05, 0) is 42.3 Å². The molecule has 0 bridgehead atoms. The van der Waals surface area contributed by atoms with Gasteiger partial charge in [-0.1, -0.05) is 0 Å². The molecule has 0 atom stereocenters. The standard InChI is InChI=1S/C14H9F4NO2/c1-7-2-3-19-12(14(16,17)18)11(7)8-4-9(13(20)21)6-10(15)5-8/h2-6H,1H3,(H,20,21). The second-order valence-electron chi connectivity index (χ2n) is 4.38. The van der Waals surface area contributed by atoms with Crippen LogP contribution in [0.15, 0.2) is 30.5 Å². The van der Waals surface area contributed by atoms with Crippen LogP contribution in [-0.2, 0) is 6.18 Å². The van der Waals surface area contributed by atoms with Crippen molar-refractivity contribution in [2.45, 2.75) is 13.1 Å². The molecule has 1 heterocycles. The molecule has 0 saturated heterocycles. The molecule has 1 aromatic heterocycles. The number of pyridine rings is 1. The molecule has 0 aliphatic heterocycles. The highest BCUT2D eigenvalue weighted by Crippen LogP contribution is 2.37. The Morgan fingerprint density at radius 1 is 1.24 bits per heavy atom. The van der Waals surface area contributed by atoms with E-state index < -0.39 is 29.2 Å². The van der Waals surface area contributed by atoms with Crippen LogP contribution in [0.5, 0.6) is 0 Å². The predicted molar refractivity (Wildman–Crippen MR) is 66.3 cm³/mol. The van der Waals surface area contributed by atoms with Crippen molar-refractivity contribution in [2.24, 2.45) is 0 Å². The Kier molecular flexibility index (Phi) is 3.67. The highest BCUT2D eigenvalue weighted by atomic mass is 19.4. The molecule has 2 aromatic rings. The number of nitrogens with zero attached hydrogens (tertiary/aromatic N) is 1. The van der Waals surface area contributed by atoms with Gasteiger partial charge in [0.15, 0.2) is 5.69 Å². The number of aryl methyl sites for hydroxylation is 1. The Labute approximate surface area is 116 Å². The molecule has 1 N–H and O–H groups in total. The first-order valence-electron chi connectivity index (χ1n) is 5.77. The molecule has 0 spiro atoms. The van der Waals surface area contributed by atoms with Crippen molar-refractivity contribution in [3.05, 3.63) is 53.1 Å². The SMILES string of the molecule is Cc1ccnc(C(F)(F)F)c1-c1cc(F)cc(C(=O)O)c1. The second kappa shape index (κ2) is 5.16. The molecule has 0 amide bonds. The van der Waals surface area contributed by atoms with Crippen LogP contribution in [0.4, 0.5) is 17.6 Å². The first-order chi connectivity index (χ1) is 9.70. The van der Waals surface area contributed by atoms with E-state index in [4.69, 9.17) is 5.11 Å². The first-order valence-corrected chi connectivity index (χ1v) is 5.77. The van der Waals surface area contributed by atoms with E-state index in [2.05, 4.69) is 4.98 Å². The number of benzene rings is 1. The summed E-state index contributed by atoms with van der Waals surface area (Å²) in [5.74, 6) is -2.35. The molecular weight excluding hydrogens is 290 g/mol. The van der Waals surface area contributed by atoms with Crippen molar-refractivity contribution in [2.75, 3.05) is 0 Å². The van der Waals surface area contributed by atoms with Gasteiger partial charge in [-0.15, -0.1) is 0 Å². The lowest BCUT2D eigenvalue weighted by Gasteiger charge is -2.14. The van der Waals surface area contributed by atoms with E-state index in [1.54, 1.807) is 0 Å². The summed E-state index contributed by atoms with van der Waals surface area (Å²) >= 11 is 0. The number of hydrogen-bond acceptors (Lipinski definition) is 2. The van der Waals surface area contributed by atoms with Crippen molar-refractivity contribution in [1.29, 1.82) is 0 Å². The topological polar surface area (TPSA) is 50.2 Å². The quantitative estimate of drug-likeness (QED) is 0.855. The Balaban J connectivity index is 2.76. The van der Waals surface area contributed by atoms with Crippen LogP contribution in [0.1, 0.15) is 21.6 Å². The van der Waals surface area contributed by atoms with E-state index in [0.717, 1.165) is 24.4 Å². The Morgan fingerprint density at radius 3 is 2.48 bits per heavy atom. The zero-order valence-electron chi connectivity index (χ0n) is 10.7. The number of halogens is 4. The highest BCUT2D eigenvalue weighted by Gasteiger charge is 2.36. The number of carbonyl (C=O) groups is 1. The molecule has 0 saturated carbocycles. The number of aromatic nitrogens is 1. The fraction of sp³-hybridized carbons (Fsp3) is 0.143. The minimum atomic E-state index is -4.73. The minimum Gasteiger partial charge on any atom is -0.478 e. The molecule has 21 heavy (non-hydrogen) atoms. The van der Waals surface area contributed by atoms with Crippen LogP contribution in [0.2, 0.25) is 0 Å². The summed E-state index contributed by atoms with van der Waals surface area (Å²) in [6.07, 6.45) is -3.73. The molecule has 2 rings (SSSR count). The Morgan fingerprint density at radius 2 is 1.90 bits per heavy atom. The van der Waals surface area contributed by atoms with Crippen LogP contribution in [0, 0.1) is 12.7 Å². The maximum atomic E-state index is 13.5. The molecule has 0 unspecified atom stereocenters. The molecule has 0 radical (unpaired) electrons. The van der Waals surface area contributed by atoms with E-state index in [-0.39, 0.29) is 16.7 Å². The molecular formula is C14H9F4NO2. The first kappa shape index (κ1) is 15.0. The van der Waals surface area contributed by atoms with Crippen LogP contribution in [0.25, 0.3) is 11.1 Å². The number of hydrogen-bond donors (Lipinski definition) is 1.